The first-order chi connectivity index (χ1) is 9.65. The summed E-state index contributed by atoms with van der Waals surface area (Å²) >= 11 is 0. The predicted molar refractivity (Wildman–Crippen MR) is 81.8 cm³/mol. The minimum atomic E-state index is -0.917. The van der Waals surface area contributed by atoms with E-state index in [1.54, 1.807) is 19.1 Å². The van der Waals surface area contributed by atoms with Crippen molar-refractivity contribution in [2.75, 3.05) is 27.2 Å². The highest BCUT2D eigenvalue weighted by Crippen LogP contribution is 2.31. The van der Waals surface area contributed by atoms with E-state index in [0.717, 1.165) is 5.56 Å². The minimum Gasteiger partial charge on any atom is -0.496 e. The molecule has 0 amide bonds. The molecule has 1 unspecified atom stereocenters. The highest BCUT2D eigenvalue weighted by molar-refractivity contribution is 5.69. The smallest absolute Gasteiger partial charge is 0.317 e. The Balaban J connectivity index is 3.00. The second-order valence-electron chi connectivity index (χ2n) is 6.31. The fourth-order valence-electron chi connectivity index (χ4n) is 2.15. The van der Waals surface area contributed by atoms with Crippen molar-refractivity contribution in [3.05, 3.63) is 29.3 Å². The number of carboxylic acid groups (broad SMARTS) is 1. The van der Waals surface area contributed by atoms with Crippen molar-refractivity contribution in [2.45, 2.75) is 32.3 Å². The first kappa shape index (κ1) is 17.5. The van der Waals surface area contributed by atoms with Crippen LogP contribution in [0.5, 0.6) is 5.75 Å². The van der Waals surface area contributed by atoms with E-state index in [0.29, 0.717) is 11.3 Å². The third-order valence-corrected chi connectivity index (χ3v) is 3.34. The van der Waals surface area contributed by atoms with Gasteiger partial charge in [-0.1, -0.05) is 26.8 Å². The van der Waals surface area contributed by atoms with Crippen LogP contribution in [0.1, 0.15) is 38.0 Å². The Labute approximate surface area is 126 Å². The van der Waals surface area contributed by atoms with Crippen molar-refractivity contribution in [1.29, 1.82) is 0 Å². The van der Waals surface area contributed by atoms with Gasteiger partial charge in [0, 0.05) is 12.1 Å². The highest BCUT2D eigenvalue weighted by atomic mass is 16.5. The summed E-state index contributed by atoms with van der Waals surface area (Å²) in [6, 6.07) is 5.75. The van der Waals surface area contributed by atoms with Crippen LogP contribution < -0.4 is 4.74 Å². The standard InChI is InChI=1S/C16H25NO4/c1-16(2,3)11-6-7-14(21-5)12(8-11)13(18)9-17(4)10-15(19)20/h6-8,13,18H,9-10H2,1-5H3,(H,19,20). The van der Waals surface area contributed by atoms with Crippen LogP contribution in [0, 0.1) is 0 Å². The predicted octanol–water partition coefficient (Wildman–Crippen LogP) is 2.04. The number of rotatable bonds is 6. The van der Waals surface area contributed by atoms with E-state index >= 15 is 0 Å². The van der Waals surface area contributed by atoms with Crippen LogP contribution in [0.15, 0.2) is 18.2 Å². The Morgan fingerprint density at radius 3 is 2.48 bits per heavy atom. The molecule has 118 valence electrons. The maximum Gasteiger partial charge on any atom is 0.317 e. The van der Waals surface area contributed by atoms with Gasteiger partial charge in [0.25, 0.3) is 0 Å². The Morgan fingerprint density at radius 2 is 2.00 bits per heavy atom. The van der Waals surface area contributed by atoms with E-state index in [4.69, 9.17) is 9.84 Å². The molecule has 1 aromatic carbocycles. The third kappa shape index (κ3) is 5.02. The zero-order valence-electron chi connectivity index (χ0n) is 13.4. The molecular weight excluding hydrogens is 270 g/mol. The zero-order chi connectivity index (χ0) is 16.2. The van der Waals surface area contributed by atoms with Gasteiger partial charge in [-0.3, -0.25) is 9.69 Å². The Kier molecular flexibility index (Phi) is 5.75. The lowest BCUT2D eigenvalue weighted by Gasteiger charge is -2.24. The second-order valence-corrected chi connectivity index (χ2v) is 6.31. The Bertz CT molecular complexity index is 494. The number of hydrogen-bond acceptors (Lipinski definition) is 4. The van der Waals surface area contributed by atoms with Gasteiger partial charge in [0.2, 0.25) is 0 Å². The van der Waals surface area contributed by atoms with E-state index in [-0.39, 0.29) is 18.5 Å². The van der Waals surface area contributed by atoms with E-state index in [1.807, 2.05) is 18.2 Å². The number of ether oxygens (including phenoxy) is 1. The SMILES string of the molecule is COc1ccc(C(C)(C)C)cc1C(O)CN(C)CC(=O)O. The molecule has 0 spiro atoms. The lowest BCUT2D eigenvalue weighted by molar-refractivity contribution is -0.138. The third-order valence-electron chi connectivity index (χ3n) is 3.34. The molecule has 1 aromatic rings. The molecule has 1 atom stereocenters. The molecule has 0 saturated carbocycles. The summed E-state index contributed by atoms with van der Waals surface area (Å²) in [6.07, 6.45) is -0.799. The summed E-state index contributed by atoms with van der Waals surface area (Å²) in [6.45, 7) is 6.42. The number of methoxy groups -OCH3 is 1. The lowest BCUT2D eigenvalue weighted by atomic mass is 9.85. The number of nitrogens with zero attached hydrogens (tertiary/aromatic N) is 1. The quantitative estimate of drug-likeness (QED) is 0.840. The normalized spacial score (nSPS) is 13.3. The molecular formula is C16H25NO4. The Hall–Kier alpha value is -1.59. The van der Waals surface area contributed by atoms with Gasteiger partial charge in [-0.15, -0.1) is 0 Å². The number of carbonyl (C=O) groups is 1. The maximum absolute atomic E-state index is 10.7. The van der Waals surface area contributed by atoms with Crippen molar-refractivity contribution in [3.8, 4) is 5.75 Å². The summed E-state index contributed by atoms with van der Waals surface area (Å²) in [4.78, 5) is 12.3. The number of hydrogen-bond donors (Lipinski definition) is 2. The minimum absolute atomic E-state index is 0.0340. The summed E-state index contributed by atoms with van der Waals surface area (Å²) < 4.78 is 5.30. The largest absolute Gasteiger partial charge is 0.496 e. The van der Waals surface area contributed by atoms with Gasteiger partial charge >= 0.3 is 5.97 Å². The van der Waals surface area contributed by atoms with Crippen LogP contribution in [-0.2, 0) is 10.2 Å². The Morgan fingerprint density at radius 1 is 1.38 bits per heavy atom. The molecule has 0 heterocycles. The average Bonchev–Trinajstić information content (AvgIpc) is 2.35. The molecule has 0 aliphatic heterocycles. The first-order valence-electron chi connectivity index (χ1n) is 6.92. The number of likely N-dealkylation sites (N-methyl/N-ethyl adjacent to an activating group) is 1. The summed E-state index contributed by atoms with van der Waals surface area (Å²) in [7, 11) is 3.22. The number of aliphatic carboxylic acids is 1. The average molecular weight is 295 g/mol. The van der Waals surface area contributed by atoms with E-state index in [9.17, 15) is 9.90 Å². The lowest BCUT2D eigenvalue weighted by Crippen LogP contribution is -2.30. The van der Waals surface area contributed by atoms with E-state index in [2.05, 4.69) is 20.8 Å². The molecule has 0 fully saturated rings. The van der Waals surface area contributed by atoms with Crippen molar-refractivity contribution in [3.63, 3.8) is 0 Å². The van der Waals surface area contributed by atoms with Gasteiger partial charge in [0.1, 0.15) is 5.75 Å². The van der Waals surface area contributed by atoms with Crippen LogP contribution in [0.4, 0.5) is 0 Å². The van der Waals surface area contributed by atoms with Gasteiger partial charge in [-0.25, -0.2) is 0 Å². The van der Waals surface area contributed by atoms with Gasteiger partial charge in [0.15, 0.2) is 0 Å². The molecule has 0 aliphatic rings. The number of aliphatic hydroxyl groups excluding tert-OH is 1. The molecule has 0 saturated heterocycles. The first-order valence-corrected chi connectivity index (χ1v) is 6.92. The molecule has 0 radical (unpaired) electrons. The number of carboxylic acids is 1. The van der Waals surface area contributed by atoms with Gasteiger partial charge in [-0.05, 0) is 30.2 Å². The van der Waals surface area contributed by atoms with Crippen molar-refractivity contribution < 1.29 is 19.7 Å². The zero-order valence-corrected chi connectivity index (χ0v) is 13.4. The maximum atomic E-state index is 10.7. The number of benzene rings is 1. The van der Waals surface area contributed by atoms with Crippen molar-refractivity contribution >= 4 is 5.97 Å². The molecule has 0 aliphatic carbocycles. The van der Waals surface area contributed by atoms with Gasteiger partial charge < -0.3 is 14.9 Å². The van der Waals surface area contributed by atoms with Crippen LogP contribution in [0.2, 0.25) is 0 Å². The second kappa shape index (κ2) is 6.91. The van der Waals surface area contributed by atoms with Crippen molar-refractivity contribution in [1.82, 2.24) is 4.90 Å². The van der Waals surface area contributed by atoms with Crippen LogP contribution in [0.3, 0.4) is 0 Å². The van der Waals surface area contributed by atoms with Crippen LogP contribution >= 0.6 is 0 Å². The fraction of sp³-hybridized carbons (Fsp3) is 0.562. The number of aliphatic hydroxyl groups is 1. The fourth-order valence-corrected chi connectivity index (χ4v) is 2.15. The molecule has 5 nitrogen and oxygen atoms in total. The van der Waals surface area contributed by atoms with Crippen LogP contribution in [0.25, 0.3) is 0 Å². The molecule has 5 heteroatoms. The summed E-state index contributed by atoms with van der Waals surface area (Å²) in [5.74, 6) is -0.306. The van der Waals surface area contributed by atoms with E-state index in [1.165, 1.54) is 0 Å². The monoisotopic (exact) mass is 295 g/mol. The molecule has 0 bridgehead atoms. The summed E-state index contributed by atoms with van der Waals surface area (Å²) in [5, 5.41) is 19.2. The topological polar surface area (TPSA) is 70.0 Å². The molecule has 2 N–H and O–H groups in total. The van der Waals surface area contributed by atoms with Gasteiger partial charge in [-0.2, -0.15) is 0 Å². The molecule has 21 heavy (non-hydrogen) atoms. The summed E-state index contributed by atoms with van der Waals surface area (Å²) in [5.41, 5.74) is 1.74. The van der Waals surface area contributed by atoms with Crippen LogP contribution in [-0.4, -0.2) is 48.3 Å². The van der Waals surface area contributed by atoms with E-state index < -0.39 is 12.1 Å². The highest BCUT2D eigenvalue weighted by Gasteiger charge is 2.21. The van der Waals surface area contributed by atoms with Crippen molar-refractivity contribution in [2.24, 2.45) is 0 Å². The van der Waals surface area contributed by atoms with Gasteiger partial charge in [0.05, 0.1) is 19.8 Å². The molecule has 1 rings (SSSR count). The molecule has 0 aromatic heterocycles.